The molecule has 3 rings (SSSR count). The highest BCUT2D eigenvalue weighted by Gasteiger charge is 2.27. The van der Waals surface area contributed by atoms with Crippen LogP contribution >= 0.6 is 0 Å². The van der Waals surface area contributed by atoms with Crippen LogP contribution in [0.4, 0.5) is 11.5 Å². The van der Waals surface area contributed by atoms with Crippen LogP contribution in [0.2, 0.25) is 0 Å². The van der Waals surface area contributed by atoms with Crippen LogP contribution in [0.3, 0.4) is 0 Å². The molecule has 1 heterocycles. The molecule has 1 amide bonds. The van der Waals surface area contributed by atoms with Crippen molar-refractivity contribution in [3.8, 4) is 5.75 Å². The van der Waals surface area contributed by atoms with E-state index in [4.69, 9.17) is 4.74 Å². The van der Waals surface area contributed by atoms with Crippen molar-refractivity contribution in [1.29, 1.82) is 0 Å². The molecular formula is C18H20N4O4. The minimum absolute atomic E-state index is 0.151. The number of methoxy groups -OCH3 is 1. The Labute approximate surface area is 150 Å². The summed E-state index contributed by atoms with van der Waals surface area (Å²) in [5.41, 5.74) is 0.855. The minimum atomic E-state index is -0.526. The molecule has 8 heteroatoms. The number of nitrogens with one attached hydrogen (secondary N) is 2. The fourth-order valence-corrected chi connectivity index (χ4v) is 2.50. The first-order valence-electron chi connectivity index (χ1n) is 8.33. The van der Waals surface area contributed by atoms with Gasteiger partial charge in [0.15, 0.2) is 0 Å². The molecule has 1 saturated carbocycles. The Kier molecular flexibility index (Phi) is 5.01. The summed E-state index contributed by atoms with van der Waals surface area (Å²) in [4.78, 5) is 27.3. The number of rotatable bonds is 7. The Morgan fingerprint density at radius 3 is 2.62 bits per heavy atom. The number of amides is 1. The molecule has 26 heavy (non-hydrogen) atoms. The molecule has 1 fully saturated rings. The fourth-order valence-electron chi connectivity index (χ4n) is 2.50. The third-order valence-electron chi connectivity index (χ3n) is 4.21. The van der Waals surface area contributed by atoms with Gasteiger partial charge in [0.25, 0.3) is 5.91 Å². The number of carbonyl (C=O) groups is 1. The molecule has 2 N–H and O–H groups in total. The summed E-state index contributed by atoms with van der Waals surface area (Å²) in [5, 5.41) is 17.1. The van der Waals surface area contributed by atoms with Gasteiger partial charge >= 0.3 is 5.69 Å². The molecule has 1 aromatic heterocycles. The van der Waals surface area contributed by atoms with Gasteiger partial charge in [0.1, 0.15) is 5.75 Å². The predicted octanol–water partition coefficient (Wildman–Crippen LogP) is 3.06. The smallest absolute Gasteiger partial charge is 0.312 e. The first-order chi connectivity index (χ1) is 12.5. The molecular weight excluding hydrogens is 336 g/mol. The van der Waals surface area contributed by atoms with Crippen molar-refractivity contribution in [2.45, 2.75) is 31.8 Å². The van der Waals surface area contributed by atoms with E-state index in [0.717, 1.165) is 24.2 Å². The lowest BCUT2D eigenvalue weighted by Gasteiger charge is -2.15. The Balaban J connectivity index is 1.73. The van der Waals surface area contributed by atoms with Gasteiger partial charge in [-0.05, 0) is 37.5 Å². The average Bonchev–Trinajstić information content (AvgIpc) is 3.45. The maximum atomic E-state index is 12.5. The van der Waals surface area contributed by atoms with Crippen molar-refractivity contribution < 1.29 is 14.5 Å². The number of benzene rings is 1. The molecule has 136 valence electrons. The quantitative estimate of drug-likeness (QED) is 0.583. The van der Waals surface area contributed by atoms with Crippen LogP contribution in [0.1, 0.15) is 41.7 Å². The molecule has 0 unspecified atom stereocenters. The van der Waals surface area contributed by atoms with E-state index in [0.29, 0.717) is 0 Å². The Morgan fingerprint density at radius 1 is 1.35 bits per heavy atom. The van der Waals surface area contributed by atoms with Crippen LogP contribution in [0.15, 0.2) is 36.5 Å². The van der Waals surface area contributed by atoms with E-state index in [9.17, 15) is 14.9 Å². The van der Waals surface area contributed by atoms with Crippen LogP contribution < -0.4 is 15.4 Å². The second-order valence-electron chi connectivity index (χ2n) is 6.24. The summed E-state index contributed by atoms with van der Waals surface area (Å²) < 4.78 is 5.11. The van der Waals surface area contributed by atoms with Gasteiger partial charge in [-0.25, -0.2) is 4.98 Å². The Hall–Kier alpha value is -3.16. The number of hydrogen-bond donors (Lipinski definition) is 2. The molecule has 1 aromatic carbocycles. The fraction of sp³-hybridized carbons (Fsp3) is 0.333. The van der Waals surface area contributed by atoms with E-state index in [-0.39, 0.29) is 29.2 Å². The van der Waals surface area contributed by atoms with E-state index in [1.54, 1.807) is 7.11 Å². The van der Waals surface area contributed by atoms with Crippen LogP contribution in [-0.2, 0) is 0 Å². The van der Waals surface area contributed by atoms with E-state index >= 15 is 0 Å². The summed E-state index contributed by atoms with van der Waals surface area (Å²) in [5.74, 6) is 0.519. The molecule has 2 aromatic rings. The lowest BCUT2D eigenvalue weighted by Crippen LogP contribution is -2.27. The number of ether oxygens (including phenoxy) is 1. The van der Waals surface area contributed by atoms with E-state index < -0.39 is 10.8 Å². The number of pyridine rings is 1. The SMILES string of the molecule is COc1ccc([C@H](C)NC(=O)c2cnc(NC3CC3)c([N+](=O)[O-])c2)cc1. The number of carbonyl (C=O) groups excluding carboxylic acids is 1. The zero-order valence-electron chi connectivity index (χ0n) is 14.6. The molecule has 0 bridgehead atoms. The average molecular weight is 356 g/mol. The standard InChI is InChI=1S/C18H20N4O4/c1-11(12-3-7-15(26-2)8-4-12)20-18(23)13-9-16(22(24)25)17(19-10-13)21-14-5-6-14/h3-4,7-11,14H,5-6H2,1-2H3,(H,19,21)(H,20,23)/t11-/m0/s1. The maximum absolute atomic E-state index is 12.5. The highest BCUT2D eigenvalue weighted by molar-refractivity contribution is 5.95. The monoisotopic (exact) mass is 356 g/mol. The first kappa shape index (κ1) is 17.7. The molecule has 8 nitrogen and oxygen atoms in total. The summed E-state index contributed by atoms with van der Waals surface area (Å²) >= 11 is 0. The summed E-state index contributed by atoms with van der Waals surface area (Å²) in [6, 6.07) is 8.55. The number of aromatic nitrogens is 1. The summed E-state index contributed by atoms with van der Waals surface area (Å²) in [6.07, 6.45) is 3.30. The molecule has 0 aliphatic heterocycles. The molecule has 1 aliphatic rings. The van der Waals surface area contributed by atoms with Crippen LogP contribution in [0.5, 0.6) is 5.75 Å². The van der Waals surface area contributed by atoms with E-state index in [1.165, 1.54) is 12.3 Å². The second kappa shape index (κ2) is 7.38. The van der Waals surface area contributed by atoms with Gasteiger partial charge in [-0.15, -0.1) is 0 Å². The van der Waals surface area contributed by atoms with Gasteiger partial charge in [0, 0.05) is 18.3 Å². The van der Waals surface area contributed by atoms with Crippen molar-refractivity contribution in [3.05, 3.63) is 57.8 Å². The number of nitrogens with zero attached hydrogens (tertiary/aromatic N) is 2. The molecule has 0 spiro atoms. The van der Waals surface area contributed by atoms with Crippen molar-refractivity contribution in [2.75, 3.05) is 12.4 Å². The lowest BCUT2D eigenvalue weighted by molar-refractivity contribution is -0.384. The van der Waals surface area contributed by atoms with Gasteiger partial charge in [-0.1, -0.05) is 12.1 Å². The van der Waals surface area contributed by atoms with E-state index in [1.807, 2.05) is 31.2 Å². The Bertz CT molecular complexity index is 818. The van der Waals surface area contributed by atoms with Crippen LogP contribution in [0.25, 0.3) is 0 Å². The largest absolute Gasteiger partial charge is 0.497 e. The third-order valence-corrected chi connectivity index (χ3v) is 4.21. The maximum Gasteiger partial charge on any atom is 0.312 e. The van der Waals surface area contributed by atoms with Crippen molar-refractivity contribution in [3.63, 3.8) is 0 Å². The summed E-state index contributed by atoms with van der Waals surface area (Å²) in [7, 11) is 1.59. The second-order valence-corrected chi connectivity index (χ2v) is 6.24. The van der Waals surface area contributed by atoms with Crippen molar-refractivity contribution in [1.82, 2.24) is 10.3 Å². The normalized spacial score (nSPS) is 14.4. The third kappa shape index (κ3) is 4.08. The lowest BCUT2D eigenvalue weighted by atomic mass is 10.1. The first-order valence-corrected chi connectivity index (χ1v) is 8.33. The number of nitro groups is 1. The zero-order chi connectivity index (χ0) is 18.7. The molecule has 0 radical (unpaired) electrons. The van der Waals surface area contributed by atoms with Gasteiger partial charge < -0.3 is 15.4 Å². The summed E-state index contributed by atoms with van der Waals surface area (Å²) in [6.45, 7) is 1.84. The predicted molar refractivity (Wildman–Crippen MR) is 96.4 cm³/mol. The Morgan fingerprint density at radius 2 is 2.04 bits per heavy atom. The highest BCUT2D eigenvalue weighted by Crippen LogP contribution is 2.29. The van der Waals surface area contributed by atoms with Crippen molar-refractivity contribution in [2.24, 2.45) is 0 Å². The molecule has 0 saturated heterocycles. The topological polar surface area (TPSA) is 106 Å². The number of hydrogen-bond acceptors (Lipinski definition) is 6. The van der Waals surface area contributed by atoms with Gasteiger partial charge in [-0.3, -0.25) is 14.9 Å². The van der Waals surface area contributed by atoms with Gasteiger partial charge in [0.05, 0.1) is 23.6 Å². The molecule has 1 aliphatic carbocycles. The number of anilines is 1. The molecule has 1 atom stereocenters. The zero-order valence-corrected chi connectivity index (χ0v) is 14.6. The van der Waals surface area contributed by atoms with E-state index in [2.05, 4.69) is 15.6 Å². The minimum Gasteiger partial charge on any atom is -0.497 e. The van der Waals surface area contributed by atoms with Crippen LogP contribution in [0, 0.1) is 10.1 Å². The van der Waals surface area contributed by atoms with Crippen LogP contribution in [-0.4, -0.2) is 29.0 Å². The van der Waals surface area contributed by atoms with Crippen molar-refractivity contribution >= 4 is 17.4 Å². The van der Waals surface area contributed by atoms with Gasteiger partial charge in [-0.2, -0.15) is 0 Å². The van der Waals surface area contributed by atoms with Gasteiger partial charge in [0.2, 0.25) is 5.82 Å². The highest BCUT2D eigenvalue weighted by atomic mass is 16.6.